The second-order valence-corrected chi connectivity index (χ2v) is 4.51. The summed E-state index contributed by atoms with van der Waals surface area (Å²) in [5.74, 6) is 0. The molecule has 0 amide bonds. The molecule has 2 heteroatoms. The molecule has 1 rings (SSSR count). The van der Waals surface area contributed by atoms with E-state index in [0.717, 1.165) is 6.54 Å². The van der Waals surface area contributed by atoms with Crippen LogP contribution in [0, 0.1) is 18.3 Å². The molecular weight excluding hydrogens is 184 g/mol. The lowest BCUT2D eigenvalue weighted by Gasteiger charge is -2.28. The van der Waals surface area contributed by atoms with Gasteiger partial charge in [-0.3, -0.25) is 4.90 Å². The lowest BCUT2D eigenvalue weighted by atomic mass is 10.0. The van der Waals surface area contributed by atoms with Crippen LogP contribution in [-0.4, -0.2) is 17.5 Å². The van der Waals surface area contributed by atoms with Crippen molar-refractivity contribution in [2.45, 2.75) is 32.9 Å². The van der Waals surface area contributed by atoms with Crippen molar-refractivity contribution >= 4 is 0 Å². The fourth-order valence-corrected chi connectivity index (χ4v) is 1.25. The third-order valence-electron chi connectivity index (χ3n) is 2.77. The van der Waals surface area contributed by atoms with Crippen LogP contribution in [0.5, 0.6) is 0 Å². The van der Waals surface area contributed by atoms with E-state index in [4.69, 9.17) is 5.26 Å². The highest BCUT2D eigenvalue weighted by molar-refractivity contribution is 5.21. The van der Waals surface area contributed by atoms with Gasteiger partial charge in [0.2, 0.25) is 0 Å². The van der Waals surface area contributed by atoms with E-state index in [-0.39, 0.29) is 0 Å². The van der Waals surface area contributed by atoms with Crippen LogP contribution in [-0.2, 0) is 6.54 Å². The summed E-state index contributed by atoms with van der Waals surface area (Å²) in [5.41, 5.74) is 2.10. The van der Waals surface area contributed by atoms with E-state index in [2.05, 4.69) is 42.2 Å². The molecule has 15 heavy (non-hydrogen) atoms. The maximum atomic E-state index is 8.99. The minimum atomic E-state index is -0.412. The predicted molar refractivity (Wildman–Crippen MR) is 62.3 cm³/mol. The molecule has 0 unspecified atom stereocenters. The molecule has 2 nitrogen and oxygen atoms in total. The van der Waals surface area contributed by atoms with E-state index in [1.807, 2.05) is 20.9 Å². The van der Waals surface area contributed by atoms with Crippen LogP contribution in [0.3, 0.4) is 0 Å². The Morgan fingerprint density at radius 2 is 1.80 bits per heavy atom. The summed E-state index contributed by atoms with van der Waals surface area (Å²) in [6.07, 6.45) is 0. The first kappa shape index (κ1) is 11.7. The lowest BCUT2D eigenvalue weighted by Crippen LogP contribution is -2.38. The fraction of sp³-hybridized carbons (Fsp3) is 0.462. The first-order chi connectivity index (χ1) is 6.95. The summed E-state index contributed by atoms with van der Waals surface area (Å²) in [4.78, 5) is 2.05. The van der Waals surface area contributed by atoms with E-state index in [1.165, 1.54) is 11.1 Å². The van der Waals surface area contributed by atoms with Crippen LogP contribution in [0.4, 0.5) is 0 Å². The van der Waals surface area contributed by atoms with Gasteiger partial charge in [-0.15, -0.1) is 0 Å². The molecule has 0 saturated heterocycles. The van der Waals surface area contributed by atoms with Gasteiger partial charge in [-0.25, -0.2) is 0 Å². The molecule has 0 spiro atoms. The molecule has 0 N–H and O–H groups in total. The zero-order valence-corrected chi connectivity index (χ0v) is 9.91. The zero-order chi connectivity index (χ0) is 11.5. The highest BCUT2D eigenvalue weighted by Gasteiger charge is 2.22. The molecule has 0 atom stereocenters. The highest BCUT2D eigenvalue weighted by atomic mass is 15.2. The minimum absolute atomic E-state index is 0.412. The largest absolute Gasteiger partial charge is 0.285 e. The molecule has 0 heterocycles. The molecule has 1 aromatic carbocycles. The summed E-state index contributed by atoms with van der Waals surface area (Å²) in [7, 11) is 1.98. The SMILES string of the molecule is Cc1ccc(CN(C)C(C)(C)C#N)cc1. The van der Waals surface area contributed by atoms with Crippen LogP contribution >= 0.6 is 0 Å². The molecule has 0 saturated carbocycles. The average molecular weight is 202 g/mol. The third-order valence-corrected chi connectivity index (χ3v) is 2.77. The van der Waals surface area contributed by atoms with Gasteiger partial charge in [-0.05, 0) is 33.4 Å². The normalized spacial score (nSPS) is 11.5. The monoisotopic (exact) mass is 202 g/mol. The molecule has 0 aliphatic heterocycles. The van der Waals surface area contributed by atoms with Gasteiger partial charge in [0, 0.05) is 6.54 Å². The van der Waals surface area contributed by atoms with Crippen molar-refractivity contribution < 1.29 is 0 Å². The third kappa shape index (κ3) is 3.07. The topological polar surface area (TPSA) is 27.0 Å². The number of rotatable bonds is 3. The Balaban J connectivity index is 2.71. The fourth-order valence-electron chi connectivity index (χ4n) is 1.25. The Kier molecular flexibility index (Phi) is 3.49. The van der Waals surface area contributed by atoms with Crippen LogP contribution in [0.2, 0.25) is 0 Å². The van der Waals surface area contributed by atoms with E-state index < -0.39 is 5.54 Å². The van der Waals surface area contributed by atoms with Crippen molar-refractivity contribution in [2.24, 2.45) is 0 Å². The lowest BCUT2D eigenvalue weighted by molar-refractivity contribution is 0.203. The van der Waals surface area contributed by atoms with Crippen LogP contribution < -0.4 is 0 Å². The molecular formula is C13H18N2. The maximum Gasteiger partial charge on any atom is 0.103 e. The Labute approximate surface area is 92.1 Å². The standard InChI is InChI=1S/C13H18N2/c1-11-5-7-12(8-6-11)9-15(4)13(2,3)10-14/h5-8H,9H2,1-4H3. The van der Waals surface area contributed by atoms with Crippen LogP contribution in [0.1, 0.15) is 25.0 Å². The van der Waals surface area contributed by atoms with E-state index in [1.54, 1.807) is 0 Å². The van der Waals surface area contributed by atoms with Crippen molar-refractivity contribution in [3.05, 3.63) is 35.4 Å². The summed E-state index contributed by atoms with van der Waals surface area (Å²) in [6, 6.07) is 10.7. The number of aryl methyl sites for hydroxylation is 1. The highest BCUT2D eigenvalue weighted by Crippen LogP contribution is 2.14. The first-order valence-electron chi connectivity index (χ1n) is 5.14. The van der Waals surface area contributed by atoms with Gasteiger partial charge in [0.25, 0.3) is 0 Å². The second kappa shape index (κ2) is 4.46. The Morgan fingerprint density at radius 1 is 1.27 bits per heavy atom. The van der Waals surface area contributed by atoms with E-state index in [9.17, 15) is 0 Å². The van der Waals surface area contributed by atoms with Crippen molar-refractivity contribution in [1.29, 1.82) is 5.26 Å². The Morgan fingerprint density at radius 3 is 2.27 bits per heavy atom. The van der Waals surface area contributed by atoms with E-state index >= 15 is 0 Å². The average Bonchev–Trinajstić information content (AvgIpc) is 2.21. The van der Waals surface area contributed by atoms with Crippen LogP contribution in [0.15, 0.2) is 24.3 Å². The molecule has 0 aliphatic rings. The van der Waals surface area contributed by atoms with Gasteiger partial charge in [-0.2, -0.15) is 5.26 Å². The second-order valence-electron chi connectivity index (χ2n) is 4.51. The molecule has 0 radical (unpaired) electrons. The van der Waals surface area contributed by atoms with Gasteiger partial charge in [0.05, 0.1) is 6.07 Å². The van der Waals surface area contributed by atoms with Gasteiger partial charge in [0.15, 0.2) is 0 Å². The Hall–Kier alpha value is -1.33. The number of benzene rings is 1. The maximum absolute atomic E-state index is 8.99. The summed E-state index contributed by atoms with van der Waals surface area (Å²) < 4.78 is 0. The minimum Gasteiger partial charge on any atom is -0.285 e. The van der Waals surface area contributed by atoms with Gasteiger partial charge < -0.3 is 0 Å². The summed E-state index contributed by atoms with van der Waals surface area (Å²) in [5, 5.41) is 8.99. The van der Waals surface area contributed by atoms with Crippen molar-refractivity contribution in [3.8, 4) is 6.07 Å². The molecule has 0 aromatic heterocycles. The Bertz CT molecular complexity index is 357. The quantitative estimate of drug-likeness (QED) is 0.753. The molecule has 0 aliphatic carbocycles. The van der Waals surface area contributed by atoms with Crippen molar-refractivity contribution in [1.82, 2.24) is 4.90 Å². The zero-order valence-electron chi connectivity index (χ0n) is 9.91. The van der Waals surface area contributed by atoms with Crippen molar-refractivity contribution in [3.63, 3.8) is 0 Å². The number of hydrogen-bond acceptors (Lipinski definition) is 2. The smallest absolute Gasteiger partial charge is 0.103 e. The molecule has 0 fully saturated rings. The van der Waals surface area contributed by atoms with E-state index in [0.29, 0.717) is 0 Å². The molecule has 80 valence electrons. The summed E-state index contributed by atoms with van der Waals surface area (Å²) >= 11 is 0. The van der Waals surface area contributed by atoms with Gasteiger partial charge >= 0.3 is 0 Å². The predicted octanol–water partition coefficient (Wildman–Crippen LogP) is 2.73. The van der Waals surface area contributed by atoms with Gasteiger partial charge in [-0.1, -0.05) is 29.8 Å². The number of nitriles is 1. The molecule has 0 bridgehead atoms. The van der Waals surface area contributed by atoms with Crippen molar-refractivity contribution in [2.75, 3.05) is 7.05 Å². The molecule has 1 aromatic rings. The number of hydrogen-bond donors (Lipinski definition) is 0. The summed E-state index contributed by atoms with van der Waals surface area (Å²) in [6.45, 7) is 6.75. The van der Waals surface area contributed by atoms with Crippen LogP contribution in [0.25, 0.3) is 0 Å². The number of nitrogens with zero attached hydrogens (tertiary/aromatic N) is 2. The first-order valence-corrected chi connectivity index (χ1v) is 5.14. The van der Waals surface area contributed by atoms with Gasteiger partial charge in [0.1, 0.15) is 5.54 Å².